The summed E-state index contributed by atoms with van der Waals surface area (Å²) < 4.78 is 15.2. The molecule has 0 bridgehead atoms. The number of rotatable bonds is 7. The normalized spacial score (nSPS) is 15.1. The molecule has 0 radical (unpaired) electrons. The molecule has 1 aliphatic heterocycles. The molecule has 4 nitrogen and oxygen atoms in total. The highest BCUT2D eigenvalue weighted by molar-refractivity contribution is 9.11. The molecular weight excluding hydrogens is 574 g/mol. The Morgan fingerprint density at radius 3 is 1.97 bits per heavy atom. The third-order valence-electron chi connectivity index (χ3n) is 5.76. The van der Waals surface area contributed by atoms with Gasteiger partial charge in [0.1, 0.15) is 0 Å². The van der Waals surface area contributed by atoms with Gasteiger partial charge in [0.25, 0.3) is 0 Å². The SMILES string of the molecule is Brc1cccs1.C=C.CCCCCCc1csc(B2OC(C)(C)C(C)(C)O2)c1.OB(O)c1cccs1. The molecule has 1 aliphatic rings. The van der Waals surface area contributed by atoms with Crippen molar-refractivity contribution in [3.05, 3.63) is 69.0 Å². The summed E-state index contributed by atoms with van der Waals surface area (Å²) in [5, 5.41) is 23.0. The van der Waals surface area contributed by atoms with Crippen molar-refractivity contribution in [2.24, 2.45) is 0 Å². The Kier molecular flexibility index (Phi) is 15.7. The first-order valence-corrected chi connectivity index (χ1v) is 15.5. The molecule has 1 fully saturated rings. The van der Waals surface area contributed by atoms with Crippen molar-refractivity contribution >= 4 is 73.7 Å². The molecule has 2 N–H and O–H groups in total. The van der Waals surface area contributed by atoms with Crippen molar-refractivity contribution in [2.75, 3.05) is 0 Å². The highest BCUT2D eigenvalue weighted by atomic mass is 79.9. The molecule has 0 spiro atoms. The molecule has 3 aromatic heterocycles. The quantitative estimate of drug-likeness (QED) is 0.173. The molecule has 0 aromatic carbocycles. The minimum Gasteiger partial charge on any atom is -0.423 e. The van der Waals surface area contributed by atoms with Gasteiger partial charge in [0.05, 0.1) is 15.0 Å². The fraction of sp³-hybridized carbons (Fsp3) is 0.462. The van der Waals surface area contributed by atoms with Crippen LogP contribution in [0.15, 0.2) is 63.4 Å². The van der Waals surface area contributed by atoms with E-state index < -0.39 is 7.12 Å². The van der Waals surface area contributed by atoms with Gasteiger partial charge in [-0.25, -0.2) is 0 Å². The lowest BCUT2D eigenvalue weighted by atomic mass is 9.87. The fourth-order valence-electron chi connectivity index (χ4n) is 3.06. The van der Waals surface area contributed by atoms with Gasteiger partial charge >= 0.3 is 14.2 Å². The van der Waals surface area contributed by atoms with E-state index in [-0.39, 0.29) is 18.3 Å². The van der Waals surface area contributed by atoms with Crippen LogP contribution in [0.25, 0.3) is 0 Å². The zero-order valence-electron chi connectivity index (χ0n) is 22.0. The van der Waals surface area contributed by atoms with Gasteiger partial charge in [-0.3, -0.25) is 0 Å². The van der Waals surface area contributed by atoms with Gasteiger partial charge in [-0.1, -0.05) is 44.4 Å². The van der Waals surface area contributed by atoms with Gasteiger partial charge in [0.2, 0.25) is 0 Å². The van der Waals surface area contributed by atoms with Gasteiger partial charge in [-0.2, -0.15) is 22.7 Å². The van der Waals surface area contributed by atoms with Gasteiger partial charge in [-0.05, 0) is 90.3 Å². The molecule has 4 rings (SSSR count). The minimum atomic E-state index is -1.30. The van der Waals surface area contributed by atoms with Crippen LogP contribution < -0.4 is 9.55 Å². The van der Waals surface area contributed by atoms with Crippen LogP contribution in [-0.4, -0.2) is 35.5 Å². The zero-order chi connectivity index (χ0) is 27.2. The maximum atomic E-state index is 8.48. The number of halogens is 1. The van der Waals surface area contributed by atoms with E-state index in [2.05, 4.69) is 75.2 Å². The third kappa shape index (κ3) is 11.4. The predicted molar refractivity (Wildman–Crippen MR) is 165 cm³/mol. The molecule has 3 aromatic rings. The Morgan fingerprint density at radius 1 is 0.944 bits per heavy atom. The van der Waals surface area contributed by atoms with Gasteiger partial charge < -0.3 is 19.4 Å². The van der Waals surface area contributed by atoms with E-state index in [1.165, 1.54) is 57.6 Å². The molecule has 0 amide bonds. The predicted octanol–water partition coefficient (Wildman–Crippen LogP) is 6.91. The highest BCUT2D eigenvalue weighted by Crippen LogP contribution is 2.37. The van der Waals surface area contributed by atoms with Crippen molar-refractivity contribution < 1.29 is 19.4 Å². The molecule has 198 valence electrons. The Labute approximate surface area is 238 Å². The van der Waals surface area contributed by atoms with Crippen LogP contribution >= 0.6 is 49.9 Å². The standard InChI is InChI=1S/C16H27BO2S.C4H5BO2S.C4H3BrS.C2H4/c1-6-7-8-9-10-13-11-14(20-12-13)17-18-15(2,3)16(4,5)19-17;6-5(7)4-2-1-3-8-4;5-4-2-1-3-6-4;1-2/h11-12H,6-10H2,1-5H3;1-3,6-7H;1-3H;1-2H2. The molecule has 0 aliphatic carbocycles. The maximum Gasteiger partial charge on any atom is 0.505 e. The lowest BCUT2D eigenvalue weighted by Gasteiger charge is -2.32. The Morgan fingerprint density at radius 2 is 1.56 bits per heavy atom. The van der Waals surface area contributed by atoms with Crippen molar-refractivity contribution in [1.82, 2.24) is 0 Å². The number of hydrogen-bond acceptors (Lipinski definition) is 7. The average molecular weight is 613 g/mol. The second-order valence-electron chi connectivity index (χ2n) is 9.06. The van der Waals surface area contributed by atoms with Crippen LogP contribution in [0.3, 0.4) is 0 Å². The Balaban J connectivity index is 0.000000329. The van der Waals surface area contributed by atoms with Crippen LogP contribution in [0.2, 0.25) is 0 Å². The largest absolute Gasteiger partial charge is 0.505 e. The summed E-state index contributed by atoms with van der Waals surface area (Å²) in [4.78, 5) is 0. The van der Waals surface area contributed by atoms with Crippen LogP contribution in [0, 0.1) is 0 Å². The van der Waals surface area contributed by atoms with E-state index in [1.807, 2.05) is 17.5 Å². The summed E-state index contributed by atoms with van der Waals surface area (Å²) in [7, 11) is -1.50. The Hall–Kier alpha value is -0.710. The van der Waals surface area contributed by atoms with Gasteiger partial charge in [0.15, 0.2) is 0 Å². The first-order chi connectivity index (χ1) is 17.1. The molecule has 0 atom stereocenters. The van der Waals surface area contributed by atoms with E-state index >= 15 is 0 Å². The highest BCUT2D eigenvalue weighted by Gasteiger charge is 2.52. The van der Waals surface area contributed by atoms with Crippen molar-refractivity contribution in [3.8, 4) is 0 Å². The minimum absolute atomic E-state index is 0.200. The van der Waals surface area contributed by atoms with E-state index in [9.17, 15) is 0 Å². The van der Waals surface area contributed by atoms with Crippen molar-refractivity contribution in [3.63, 3.8) is 0 Å². The summed E-state index contributed by atoms with van der Waals surface area (Å²) >= 11 is 8.09. The number of hydrogen-bond donors (Lipinski definition) is 2. The van der Waals surface area contributed by atoms with E-state index in [0.717, 1.165) is 0 Å². The Bertz CT molecular complexity index is 928. The topological polar surface area (TPSA) is 58.9 Å². The molecule has 4 heterocycles. The zero-order valence-corrected chi connectivity index (χ0v) is 26.1. The van der Waals surface area contributed by atoms with Gasteiger partial charge in [0, 0.05) is 9.55 Å². The lowest BCUT2D eigenvalue weighted by Crippen LogP contribution is -2.41. The average Bonchev–Trinajstić information content (AvgIpc) is 3.63. The molecule has 0 saturated carbocycles. The summed E-state index contributed by atoms with van der Waals surface area (Å²) in [6, 6.07) is 9.74. The van der Waals surface area contributed by atoms with E-state index in [4.69, 9.17) is 19.4 Å². The second kappa shape index (κ2) is 17.0. The first kappa shape index (κ1) is 33.3. The monoisotopic (exact) mass is 612 g/mol. The van der Waals surface area contributed by atoms with Crippen LogP contribution in [-0.2, 0) is 15.7 Å². The molecule has 36 heavy (non-hydrogen) atoms. The van der Waals surface area contributed by atoms with Crippen LogP contribution in [0.1, 0.15) is 65.9 Å². The summed E-state index contributed by atoms with van der Waals surface area (Å²) in [6.45, 7) is 16.7. The summed E-state index contributed by atoms with van der Waals surface area (Å²) in [5.74, 6) is 0. The summed E-state index contributed by atoms with van der Waals surface area (Å²) in [6.07, 6.45) is 6.43. The van der Waals surface area contributed by atoms with Crippen LogP contribution in [0.5, 0.6) is 0 Å². The molecule has 1 saturated heterocycles. The van der Waals surface area contributed by atoms with Crippen molar-refractivity contribution in [2.45, 2.75) is 77.9 Å². The van der Waals surface area contributed by atoms with E-state index in [1.54, 1.807) is 40.2 Å². The van der Waals surface area contributed by atoms with E-state index in [0.29, 0.717) is 4.78 Å². The lowest BCUT2D eigenvalue weighted by molar-refractivity contribution is 0.00578. The maximum absolute atomic E-state index is 8.48. The van der Waals surface area contributed by atoms with Gasteiger partial charge in [-0.15, -0.1) is 24.5 Å². The second-order valence-corrected chi connectivity index (χ2v) is 13.3. The number of aryl methyl sites for hydroxylation is 1. The molecular formula is C26H39B2BrO4S3. The number of thiophene rings is 3. The summed E-state index contributed by atoms with van der Waals surface area (Å²) in [5.41, 5.74) is 0.933. The smallest absolute Gasteiger partial charge is 0.423 e. The van der Waals surface area contributed by atoms with Crippen molar-refractivity contribution in [1.29, 1.82) is 0 Å². The fourth-order valence-corrected chi connectivity index (χ4v) is 5.47. The molecule has 0 unspecified atom stereocenters. The number of unbranched alkanes of at least 4 members (excludes halogenated alkanes) is 3. The molecule has 10 heteroatoms. The van der Waals surface area contributed by atoms with Crippen LogP contribution in [0.4, 0.5) is 0 Å². The third-order valence-corrected chi connectivity index (χ3v) is 9.16. The first-order valence-electron chi connectivity index (χ1n) is 12.1.